The fraction of sp³-hybridized carbons (Fsp3) is 0. The summed E-state index contributed by atoms with van der Waals surface area (Å²) >= 11 is 1.79. The number of allylic oxidation sites excluding steroid dienone is 1. The van der Waals surface area contributed by atoms with E-state index < -0.39 is 0 Å². The molecule has 0 radical (unpaired) electrons. The van der Waals surface area contributed by atoms with E-state index in [4.69, 9.17) is 15.0 Å². The SMILES string of the molecule is N=C1/C(=N\Nc2ccccc2)C=Cc2ccc3ccc(-c4nc(-c5ccc(-c6ccccc6)cc5)nc(-c5ccc6sc7ccccc7c6c5)n4)cc3c21. The second-order valence-electron chi connectivity index (χ2n) is 13.2. The number of para-hydroxylation sites is 1. The van der Waals surface area contributed by atoms with Gasteiger partial charge in [-0.2, -0.15) is 5.10 Å². The van der Waals surface area contributed by atoms with Gasteiger partial charge >= 0.3 is 0 Å². The lowest BCUT2D eigenvalue weighted by molar-refractivity contribution is 1.08. The van der Waals surface area contributed by atoms with Crippen molar-refractivity contribution in [2.75, 3.05) is 5.43 Å². The minimum Gasteiger partial charge on any atom is -0.298 e. The van der Waals surface area contributed by atoms with E-state index in [2.05, 4.69) is 132 Å². The molecule has 0 spiro atoms. The quantitative estimate of drug-likeness (QED) is 0.168. The van der Waals surface area contributed by atoms with E-state index in [-0.39, 0.29) is 0 Å². The summed E-state index contributed by atoms with van der Waals surface area (Å²) in [6.07, 6.45) is 3.91. The van der Waals surface area contributed by atoms with Crippen molar-refractivity contribution >= 4 is 65.5 Å². The number of rotatable bonds is 6. The number of nitrogens with zero attached hydrogens (tertiary/aromatic N) is 4. The molecule has 0 unspecified atom stereocenters. The highest BCUT2D eigenvalue weighted by atomic mass is 32.1. The third-order valence-corrected chi connectivity index (χ3v) is 11.0. The molecule has 0 saturated carbocycles. The highest BCUT2D eigenvalue weighted by molar-refractivity contribution is 7.25. The van der Waals surface area contributed by atoms with Crippen LogP contribution >= 0.6 is 11.3 Å². The topological polar surface area (TPSA) is 86.9 Å². The van der Waals surface area contributed by atoms with Gasteiger partial charge in [0.1, 0.15) is 5.71 Å². The first-order valence-corrected chi connectivity index (χ1v) is 18.5. The molecule has 2 aromatic heterocycles. The van der Waals surface area contributed by atoms with Crippen LogP contribution in [0.15, 0.2) is 169 Å². The molecule has 54 heavy (non-hydrogen) atoms. The van der Waals surface area contributed by atoms with E-state index in [0.717, 1.165) is 55.4 Å². The van der Waals surface area contributed by atoms with Crippen molar-refractivity contribution < 1.29 is 0 Å². The largest absolute Gasteiger partial charge is 0.298 e. The van der Waals surface area contributed by atoms with E-state index >= 15 is 0 Å². The number of anilines is 1. The lowest BCUT2D eigenvalue weighted by atomic mass is 9.88. The maximum Gasteiger partial charge on any atom is 0.164 e. The Bertz CT molecular complexity index is 2970. The minimum atomic E-state index is 0.352. The zero-order valence-electron chi connectivity index (χ0n) is 28.9. The Hall–Kier alpha value is -7.09. The molecular formula is C47H30N6S. The van der Waals surface area contributed by atoms with Gasteiger partial charge in [-0.3, -0.25) is 10.8 Å². The molecule has 2 heterocycles. The molecule has 1 aliphatic rings. The third-order valence-electron chi connectivity index (χ3n) is 9.84. The van der Waals surface area contributed by atoms with E-state index in [9.17, 15) is 5.41 Å². The molecule has 7 aromatic carbocycles. The zero-order valence-corrected chi connectivity index (χ0v) is 29.7. The molecular weight excluding hydrogens is 681 g/mol. The standard InChI is InChI=1S/C47H30N6S/c48-44-40(53-52-36-11-5-2-6-12-36)25-23-32-19-17-31-18-22-34(27-38(31)43(32)44)46-49-45(33-20-15-30(16-21-33)29-9-3-1-4-10-29)50-47(51-46)35-24-26-42-39(28-35)37-13-7-8-14-41(37)54-42/h1-28,48,52H/b48-44?,53-40-. The Balaban J connectivity index is 1.10. The fourth-order valence-corrected chi connectivity index (χ4v) is 8.16. The summed E-state index contributed by atoms with van der Waals surface area (Å²) in [5.41, 5.74) is 11.6. The minimum absolute atomic E-state index is 0.352. The number of aromatic nitrogens is 3. The number of fused-ring (bicyclic) bond motifs is 6. The van der Waals surface area contributed by atoms with Crippen LogP contribution < -0.4 is 5.43 Å². The van der Waals surface area contributed by atoms with Crippen LogP contribution in [0.25, 0.3) is 82.3 Å². The molecule has 0 fully saturated rings. The van der Waals surface area contributed by atoms with E-state index in [1.165, 1.54) is 20.2 Å². The molecule has 0 atom stereocenters. The summed E-state index contributed by atoms with van der Waals surface area (Å²) in [7, 11) is 0. The lowest BCUT2D eigenvalue weighted by Crippen LogP contribution is -2.18. The van der Waals surface area contributed by atoms with Gasteiger partial charge in [-0.25, -0.2) is 15.0 Å². The lowest BCUT2D eigenvalue weighted by Gasteiger charge is -2.17. The first kappa shape index (κ1) is 31.6. The number of hydrogen-bond acceptors (Lipinski definition) is 7. The van der Waals surface area contributed by atoms with Crippen molar-refractivity contribution in [3.05, 3.63) is 175 Å². The van der Waals surface area contributed by atoms with Crippen LogP contribution in [-0.2, 0) is 0 Å². The van der Waals surface area contributed by atoms with Gasteiger partial charge in [-0.15, -0.1) is 11.3 Å². The second-order valence-corrected chi connectivity index (χ2v) is 14.3. The smallest absolute Gasteiger partial charge is 0.164 e. The second kappa shape index (κ2) is 13.2. The van der Waals surface area contributed by atoms with Crippen molar-refractivity contribution in [1.29, 1.82) is 5.41 Å². The van der Waals surface area contributed by atoms with Crippen LogP contribution in [0.4, 0.5) is 5.69 Å². The third kappa shape index (κ3) is 5.73. The van der Waals surface area contributed by atoms with Gasteiger partial charge in [0.05, 0.1) is 11.4 Å². The fourth-order valence-electron chi connectivity index (χ4n) is 7.08. The Labute approximate surface area is 315 Å². The summed E-state index contributed by atoms with van der Waals surface area (Å²) < 4.78 is 2.48. The molecule has 9 aromatic rings. The number of benzene rings is 7. The Morgan fingerprint density at radius 3 is 1.83 bits per heavy atom. The van der Waals surface area contributed by atoms with Crippen LogP contribution in [0, 0.1) is 5.41 Å². The predicted octanol–water partition coefficient (Wildman–Crippen LogP) is 11.9. The molecule has 0 aliphatic heterocycles. The van der Waals surface area contributed by atoms with Crippen molar-refractivity contribution in [1.82, 2.24) is 15.0 Å². The highest BCUT2D eigenvalue weighted by Gasteiger charge is 2.21. The van der Waals surface area contributed by atoms with Crippen LogP contribution in [0.2, 0.25) is 0 Å². The highest BCUT2D eigenvalue weighted by Crippen LogP contribution is 2.37. The van der Waals surface area contributed by atoms with Crippen LogP contribution in [0.1, 0.15) is 11.1 Å². The Kier molecular flexibility index (Phi) is 7.70. The molecule has 0 saturated heterocycles. The van der Waals surface area contributed by atoms with Crippen molar-refractivity contribution in [3.8, 4) is 45.3 Å². The van der Waals surface area contributed by atoms with Gasteiger partial charge in [-0.05, 0) is 76.0 Å². The summed E-state index contributed by atoms with van der Waals surface area (Å²) in [5.74, 6) is 1.76. The van der Waals surface area contributed by atoms with Gasteiger partial charge in [0.2, 0.25) is 0 Å². The number of nitrogens with one attached hydrogen (secondary N) is 2. The number of hydrogen-bond donors (Lipinski definition) is 2. The van der Waals surface area contributed by atoms with Crippen molar-refractivity contribution in [3.63, 3.8) is 0 Å². The van der Waals surface area contributed by atoms with Crippen LogP contribution in [0.3, 0.4) is 0 Å². The van der Waals surface area contributed by atoms with E-state index in [0.29, 0.717) is 28.9 Å². The molecule has 0 amide bonds. The first-order chi connectivity index (χ1) is 26.6. The van der Waals surface area contributed by atoms with Gasteiger partial charge < -0.3 is 0 Å². The van der Waals surface area contributed by atoms with E-state index in [1.54, 1.807) is 11.3 Å². The maximum absolute atomic E-state index is 9.27. The molecule has 6 nitrogen and oxygen atoms in total. The monoisotopic (exact) mass is 710 g/mol. The summed E-state index contributed by atoms with van der Waals surface area (Å²) in [4.78, 5) is 15.3. The molecule has 254 valence electrons. The summed E-state index contributed by atoms with van der Waals surface area (Å²) in [6, 6.07) is 53.9. The zero-order chi connectivity index (χ0) is 36.0. The molecule has 7 heteroatoms. The van der Waals surface area contributed by atoms with Crippen molar-refractivity contribution in [2.45, 2.75) is 0 Å². The Morgan fingerprint density at radius 2 is 1.06 bits per heavy atom. The maximum atomic E-state index is 9.27. The molecule has 2 N–H and O–H groups in total. The normalized spacial score (nSPS) is 13.2. The summed E-state index contributed by atoms with van der Waals surface area (Å²) in [5, 5.41) is 18.2. The van der Waals surface area contributed by atoms with E-state index in [1.807, 2.05) is 48.6 Å². The van der Waals surface area contributed by atoms with Gasteiger partial charge in [0, 0.05) is 42.4 Å². The summed E-state index contributed by atoms with van der Waals surface area (Å²) in [6.45, 7) is 0. The molecule has 10 rings (SSSR count). The van der Waals surface area contributed by atoms with Crippen LogP contribution in [0.5, 0.6) is 0 Å². The number of hydrazone groups is 1. The van der Waals surface area contributed by atoms with Gasteiger partial charge in [0.15, 0.2) is 17.5 Å². The Morgan fingerprint density at radius 1 is 0.481 bits per heavy atom. The number of thiophene rings is 1. The predicted molar refractivity (Wildman–Crippen MR) is 225 cm³/mol. The average molecular weight is 711 g/mol. The average Bonchev–Trinajstić information content (AvgIpc) is 3.62. The van der Waals surface area contributed by atoms with Crippen molar-refractivity contribution in [2.24, 2.45) is 5.10 Å². The molecule has 0 bridgehead atoms. The van der Waals surface area contributed by atoms with Gasteiger partial charge in [0.25, 0.3) is 0 Å². The molecule has 1 aliphatic carbocycles. The first-order valence-electron chi connectivity index (χ1n) is 17.7. The van der Waals surface area contributed by atoms with Crippen LogP contribution in [-0.4, -0.2) is 26.4 Å². The van der Waals surface area contributed by atoms with Gasteiger partial charge in [-0.1, -0.05) is 121 Å².